The second-order valence-electron chi connectivity index (χ2n) is 5.35. The van der Waals surface area contributed by atoms with E-state index in [-0.39, 0.29) is 6.79 Å². The summed E-state index contributed by atoms with van der Waals surface area (Å²) >= 11 is 0. The maximum atomic E-state index is 12.0. The summed E-state index contributed by atoms with van der Waals surface area (Å²) < 4.78 is 15.8. The summed E-state index contributed by atoms with van der Waals surface area (Å²) in [5, 5.41) is 0. The van der Waals surface area contributed by atoms with E-state index in [1.807, 2.05) is 6.92 Å². The monoisotopic (exact) mass is 354 g/mol. The zero-order valence-corrected chi connectivity index (χ0v) is 14.2. The zero-order chi connectivity index (χ0) is 18.4. The van der Waals surface area contributed by atoms with Gasteiger partial charge in [-0.2, -0.15) is 0 Å². The fourth-order valence-corrected chi connectivity index (χ4v) is 2.29. The van der Waals surface area contributed by atoms with Gasteiger partial charge >= 0.3 is 0 Å². The first kappa shape index (κ1) is 17.3. The molecule has 1 aliphatic rings. The predicted octanol–water partition coefficient (Wildman–Crippen LogP) is 2.29. The molecule has 2 aromatic rings. The van der Waals surface area contributed by atoms with Crippen LogP contribution in [0.3, 0.4) is 0 Å². The molecule has 1 heterocycles. The van der Waals surface area contributed by atoms with Gasteiger partial charge in [-0.3, -0.25) is 20.4 Å². The quantitative estimate of drug-likeness (QED) is 0.636. The molecular weight excluding hydrogens is 336 g/mol. The van der Waals surface area contributed by atoms with Crippen molar-refractivity contribution in [2.45, 2.75) is 6.92 Å². The fraction of sp³-hybridized carbons (Fsp3) is 0.158. The van der Waals surface area contributed by atoms with Crippen LogP contribution in [0, 0.1) is 0 Å². The number of amides is 2. The molecule has 0 unspecified atom stereocenters. The number of fused-ring (bicyclic) bond motifs is 1. The van der Waals surface area contributed by atoms with Gasteiger partial charge in [0, 0.05) is 11.6 Å². The average molecular weight is 354 g/mol. The third-order valence-corrected chi connectivity index (χ3v) is 3.55. The second-order valence-corrected chi connectivity index (χ2v) is 5.35. The molecule has 1 aliphatic heterocycles. The van der Waals surface area contributed by atoms with Crippen LogP contribution >= 0.6 is 0 Å². The number of carbonyl (C=O) groups is 2. The lowest BCUT2D eigenvalue weighted by atomic mass is 10.2. The van der Waals surface area contributed by atoms with E-state index >= 15 is 0 Å². The normalized spacial score (nSPS) is 12.0. The molecule has 0 saturated heterocycles. The highest BCUT2D eigenvalue weighted by Gasteiger charge is 2.12. The van der Waals surface area contributed by atoms with E-state index in [1.54, 1.807) is 48.5 Å². The van der Waals surface area contributed by atoms with Crippen LogP contribution in [0.15, 0.2) is 48.5 Å². The number of rotatable bonds is 5. The van der Waals surface area contributed by atoms with Crippen molar-refractivity contribution in [1.29, 1.82) is 0 Å². The molecule has 134 valence electrons. The molecule has 3 rings (SSSR count). The number of carbonyl (C=O) groups excluding carboxylic acids is 2. The van der Waals surface area contributed by atoms with Crippen molar-refractivity contribution in [3.8, 4) is 17.2 Å². The van der Waals surface area contributed by atoms with E-state index in [0.29, 0.717) is 29.4 Å². The fourth-order valence-electron chi connectivity index (χ4n) is 2.29. The van der Waals surface area contributed by atoms with Gasteiger partial charge in [0.1, 0.15) is 5.75 Å². The topological polar surface area (TPSA) is 85.9 Å². The Morgan fingerprint density at radius 1 is 1.08 bits per heavy atom. The van der Waals surface area contributed by atoms with Crippen molar-refractivity contribution >= 4 is 17.9 Å². The Hall–Kier alpha value is -3.48. The minimum absolute atomic E-state index is 0.195. The van der Waals surface area contributed by atoms with Gasteiger partial charge in [0.05, 0.1) is 6.61 Å². The summed E-state index contributed by atoms with van der Waals surface area (Å²) in [6, 6.07) is 12.0. The number of hydrogen-bond acceptors (Lipinski definition) is 5. The maximum Gasteiger partial charge on any atom is 0.269 e. The largest absolute Gasteiger partial charge is 0.494 e. The van der Waals surface area contributed by atoms with Crippen molar-refractivity contribution in [2.75, 3.05) is 13.4 Å². The Labute approximate surface area is 150 Å². The number of ether oxygens (including phenoxy) is 3. The van der Waals surface area contributed by atoms with Crippen molar-refractivity contribution < 1.29 is 23.8 Å². The molecule has 0 fully saturated rings. The molecule has 0 bridgehead atoms. The van der Waals surface area contributed by atoms with Gasteiger partial charge in [0.25, 0.3) is 11.8 Å². The molecule has 2 N–H and O–H groups in total. The number of benzene rings is 2. The first-order chi connectivity index (χ1) is 12.7. The van der Waals surface area contributed by atoms with Gasteiger partial charge in [-0.1, -0.05) is 6.07 Å². The molecule has 0 atom stereocenters. The second kappa shape index (κ2) is 8.06. The maximum absolute atomic E-state index is 12.0. The molecule has 26 heavy (non-hydrogen) atoms. The highest BCUT2D eigenvalue weighted by atomic mass is 16.7. The summed E-state index contributed by atoms with van der Waals surface area (Å²) in [5.41, 5.74) is 5.87. The van der Waals surface area contributed by atoms with Gasteiger partial charge < -0.3 is 14.2 Å². The van der Waals surface area contributed by atoms with Crippen LogP contribution in [-0.4, -0.2) is 25.2 Å². The van der Waals surface area contributed by atoms with Crippen molar-refractivity contribution in [2.24, 2.45) is 0 Å². The van der Waals surface area contributed by atoms with E-state index in [4.69, 9.17) is 14.2 Å². The number of hydrazine groups is 1. The predicted molar refractivity (Wildman–Crippen MR) is 94.8 cm³/mol. The van der Waals surface area contributed by atoms with Gasteiger partial charge in [-0.15, -0.1) is 0 Å². The molecular formula is C19H18N2O5. The van der Waals surface area contributed by atoms with Crippen molar-refractivity contribution in [3.05, 3.63) is 59.7 Å². The lowest BCUT2D eigenvalue weighted by Gasteiger charge is -2.07. The summed E-state index contributed by atoms with van der Waals surface area (Å²) in [4.78, 5) is 23.8. The Morgan fingerprint density at radius 3 is 2.62 bits per heavy atom. The van der Waals surface area contributed by atoms with Crippen LogP contribution in [0.25, 0.3) is 6.08 Å². The van der Waals surface area contributed by atoms with Crippen LogP contribution in [0.2, 0.25) is 0 Å². The van der Waals surface area contributed by atoms with E-state index in [9.17, 15) is 9.59 Å². The minimum atomic E-state index is -0.457. The van der Waals surface area contributed by atoms with Gasteiger partial charge in [0.15, 0.2) is 11.5 Å². The van der Waals surface area contributed by atoms with E-state index in [1.165, 1.54) is 6.08 Å². The van der Waals surface area contributed by atoms with Gasteiger partial charge in [-0.05, 0) is 55.0 Å². The number of hydrogen-bond donors (Lipinski definition) is 2. The van der Waals surface area contributed by atoms with Crippen molar-refractivity contribution in [1.82, 2.24) is 10.9 Å². The molecule has 0 aromatic heterocycles. The van der Waals surface area contributed by atoms with E-state index < -0.39 is 11.8 Å². The third kappa shape index (κ3) is 4.32. The van der Waals surface area contributed by atoms with Crippen LogP contribution in [-0.2, 0) is 4.79 Å². The Kier molecular flexibility index (Phi) is 5.38. The van der Waals surface area contributed by atoms with E-state index in [2.05, 4.69) is 10.9 Å². The smallest absolute Gasteiger partial charge is 0.269 e. The molecule has 0 radical (unpaired) electrons. The number of nitrogens with one attached hydrogen (secondary N) is 2. The summed E-state index contributed by atoms with van der Waals surface area (Å²) in [7, 11) is 0. The van der Waals surface area contributed by atoms with E-state index in [0.717, 1.165) is 5.56 Å². The molecule has 0 spiro atoms. The summed E-state index contributed by atoms with van der Waals surface area (Å²) in [5.74, 6) is 1.12. The molecule has 2 amide bonds. The highest BCUT2D eigenvalue weighted by molar-refractivity contribution is 5.98. The summed E-state index contributed by atoms with van der Waals surface area (Å²) in [6.45, 7) is 2.63. The van der Waals surface area contributed by atoms with Crippen LogP contribution < -0.4 is 25.1 Å². The summed E-state index contributed by atoms with van der Waals surface area (Å²) in [6.07, 6.45) is 2.93. The average Bonchev–Trinajstić information content (AvgIpc) is 3.13. The van der Waals surface area contributed by atoms with Crippen LogP contribution in [0.5, 0.6) is 17.2 Å². The lowest BCUT2D eigenvalue weighted by molar-refractivity contribution is -0.117. The first-order valence-electron chi connectivity index (χ1n) is 8.06. The molecule has 7 nitrogen and oxygen atoms in total. The molecule has 2 aromatic carbocycles. The third-order valence-electron chi connectivity index (χ3n) is 3.55. The Bertz CT molecular complexity index is 830. The zero-order valence-electron chi connectivity index (χ0n) is 14.2. The Morgan fingerprint density at radius 2 is 1.85 bits per heavy atom. The minimum Gasteiger partial charge on any atom is -0.494 e. The SMILES string of the molecule is CCOc1ccc(C(=O)NNC(=O)/C=C/c2ccc3c(c2)OCO3)cc1. The first-order valence-corrected chi connectivity index (χ1v) is 8.06. The van der Waals surface area contributed by atoms with Crippen LogP contribution in [0.4, 0.5) is 0 Å². The highest BCUT2D eigenvalue weighted by Crippen LogP contribution is 2.32. The van der Waals surface area contributed by atoms with Crippen molar-refractivity contribution in [3.63, 3.8) is 0 Å². The Balaban J connectivity index is 1.51. The molecule has 0 saturated carbocycles. The van der Waals surface area contributed by atoms with Gasteiger partial charge in [0.2, 0.25) is 6.79 Å². The van der Waals surface area contributed by atoms with Crippen LogP contribution in [0.1, 0.15) is 22.8 Å². The van der Waals surface area contributed by atoms with Gasteiger partial charge in [-0.25, -0.2) is 0 Å². The molecule has 7 heteroatoms. The molecule has 0 aliphatic carbocycles. The standard InChI is InChI=1S/C19H18N2O5/c1-2-24-15-7-5-14(6-8-15)19(23)21-20-18(22)10-4-13-3-9-16-17(11-13)26-12-25-16/h3-11H,2,12H2,1H3,(H,20,22)(H,21,23)/b10-4+. The lowest BCUT2D eigenvalue weighted by Crippen LogP contribution is -2.40.